The molecule has 1 N–H and O–H groups in total. The average Bonchev–Trinajstić information content (AvgIpc) is 3.51. The molecule has 1 amide bonds. The molecular weight excluding hydrogens is 382 g/mol. The summed E-state index contributed by atoms with van der Waals surface area (Å²) >= 11 is 0. The monoisotopic (exact) mass is 417 g/mol. The largest absolute Gasteiger partial charge is 0.493 e. The zero-order valence-corrected chi connectivity index (χ0v) is 19.0. The molecule has 0 unspecified atom stereocenters. The van der Waals surface area contributed by atoms with Gasteiger partial charge < -0.3 is 19.5 Å². The SMILES string of the molecule is CC(C)(C)OC(=O)NC[C@@H]1C[C@H]1c1cc(OC(=O)C(C)(C)C)ccc1OCC1CC1. The number of benzene rings is 1. The van der Waals surface area contributed by atoms with Crippen molar-refractivity contribution in [2.45, 2.75) is 72.3 Å². The quantitative estimate of drug-likeness (QED) is 0.496. The maximum absolute atomic E-state index is 12.3. The molecule has 1 aromatic rings. The van der Waals surface area contributed by atoms with E-state index in [1.807, 2.05) is 53.7 Å². The highest BCUT2D eigenvalue weighted by Crippen LogP contribution is 2.51. The van der Waals surface area contributed by atoms with Crippen LogP contribution in [0.25, 0.3) is 0 Å². The first-order valence-corrected chi connectivity index (χ1v) is 10.9. The van der Waals surface area contributed by atoms with Gasteiger partial charge in [-0.1, -0.05) is 0 Å². The lowest BCUT2D eigenvalue weighted by Crippen LogP contribution is -2.33. The highest BCUT2D eigenvalue weighted by Gasteiger charge is 2.41. The van der Waals surface area contributed by atoms with Gasteiger partial charge in [-0.15, -0.1) is 0 Å². The average molecular weight is 418 g/mol. The molecule has 2 saturated carbocycles. The Morgan fingerprint density at radius 1 is 1.10 bits per heavy atom. The molecule has 0 spiro atoms. The van der Waals surface area contributed by atoms with Gasteiger partial charge in [0.2, 0.25) is 0 Å². The summed E-state index contributed by atoms with van der Waals surface area (Å²) in [6.45, 7) is 12.3. The minimum atomic E-state index is -0.569. The second-order valence-corrected chi connectivity index (χ2v) is 10.6. The Balaban J connectivity index is 1.65. The predicted octanol–water partition coefficient (Wildman–Crippen LogP) is 5.06. The smallest absolute Gasteiger partial charge is 0.407 e. The summed E-state index contributed by atoms with van der Waals surface area (Å²) in [5, 5.41) is 2.86. The van der Waals surface area contributed by atoms with Gasteiger partial charge in [-0.3, -0.25) is 4.79 Å². The summed E-state index contributed by atoms with van der Waals surface area (Å²) in [7, 11) is 0. The van der Waals surface area contributed by atoms with Gasteiger partial charge in [-0.2, -0.15) is 0 Å². The number of rotatable bonds is 7. The van der Waals surface area contributed by atoms with E-state index >= 15 is 0 Å². The molecule has 0 aliphatic heterocycles. The van der Waals surface area contributed by atoms with Crippen LogP contribution in [0.5, 0.6) is 11.5 Å². The van der Waals surface area contributed by atoms with Crippen molar-refractivity contribution >= 4 is 12.1 Å². The van der Waals surface area contributed by atoms with Crippen LogP contribution in [0.2, 0.25) is 0 Å². The van der Waals surface area contributed by atoms with Gasteiger partial charge in [-0.25, -0.2) is 4.79 Å². The minimum Gasteiger partial charge on any atom is -0.493 e. The standard InChI is InChI=1S/C24H35NO5/c1-23(2,3)21(26)29-17-9-10-20(28-14-15-7-8-15)19(12-17)18-11-16(18)13-25-22(27)30-24(4,5)6/h9-10,12,15-16,18H,7-8,11,13-14H2,1-6H3,(H,25,27)/t16-,18+/m0/s1. The molecule has 6 nitrogen and oxygen atoms in total. The summed E-state index contributed by atoms with van der Waals surface area (Å²) in [6, 6.07) is 5.62. The number of carbonyl (C=O) groups excluding carboxylic acids is 2. The van der Waals surface area contributed by atoms with E-state index in [1.165, 1.54) is 12.8 Å². The lowest BCUT2D eigenvalue weighted by molar-refractivity contribution is -0.143. The maximum atomic E-state index is 12.3. The lowest BCUT2D eigenvalue weighted by Gasteiger charge is -2.20. The van der Waals surface area contributed by atoms with Crippen LogP contribution in [0.3, 0.4) is 0 Å². The van der Waals surface area contributed by atoms with Crippen molar-refractivity contribution in [3.05, 3.63) is 23.8 Å². The van der Waals surface area contributed by atoms with Crippen molar-refractivity contribution in [2.75, 3.05) is 13.2 Å². The molecule has 166 valence electrons. The van der Waals surface area contributed by atoms with Crippen LogP contribution in [0, 0.1) is 17.3 Å². The van der Waals surface area contributed by atoms with Gasteiger partial charge in [0.25, 0.3) is 0 Å². The highest BCUT2D eigenvalue weighted by atomic mass is 16.6. The first kappa shape index (κ1) is 22.4. The summed E-state index contributed by atoms with van der Waals surface area (Å²) in [6.07, 6.45) is 3.00. The van der Waals surface area contributed by atoms with Crippen LogP contribution in [0.1, 0.15) is 72.3 Å². The zero-order valence-electron chi connectivity index (χ0n) is 19.0. The number of ether oxygens (including phenoxy) is 3. The van der Waals surface area contributed by atoms with Crippen LogP contribution < -0.4 is 14.8 Å². The third kappa shape index (κ3) is 6.64. The van der Waals surface area contributed by atoms with Crippen LogP contribution in [0.15, 0.2) is 18.2 Å². The minimum absolute atomic E-state index is 0.265. The molecule has 2 atom stereocenters. The molecule has 0 saturated heterocycles. The van der Waals surface area contributed by atoms with E-state index < -0.39 is 17.1 Å². The van der Waals surface area contributed by atoms with Crippen molar-refractivity contribution < 1.29 is 23.8 Å². The molecule has 2 fully saturated rings. The summed E-state index contributed by atoms with van der Waals surface area (Å²) in [4.78, 5) is 24.2. The molecular formula is C24H35NO5. The lowest BCUT2D eigenvalue weighted by atomic mass is 9.97. The fourth-order valence-corrected chi connectivity index (χ4v) is 3.15. The second kappa shape index (κ2) is 8.48. The van der Waals surface area contributed by atoms with E-state index in [4.69, 9.17) is 14.2 Å². The molecule has 0 bridgehead atoms. The normalized spacial score (nSPS) is 21.0. The third-order valence-corrected chi connectivity index (χ3v) is 5.21. The van der Waals surface area contributed by atoms with E-state index in [2.05, 4.69) is 5.32 Å². The van der Waals surface area contributed by atoms with Crippen LogP contribution >= 0.6 is 0 Å². The van der Waals surface area contributed by atoms with Crippen molar-refractivity contribution in [1.82, 2.24) is 5.32 Å². The van der Waals surface area contributed by atoms with Crippen molar-refractivity contribution in [2.24, 2.45) is 17.3 Å². The molecule has 3 rings (SSSR count). The van der Waals surface area contributed by atoms with Gasteiger partial charge in [0.05, 0.1) is 12.0 Å². The number of hydrogen-bond donors (Lipinski definition) is 1. The Kier molecular flexibility index (Phi) is 6.34. The number of esters is 1. The number of hydrogen-bond acceptors (Lipinski definition) is 5. The molecule has 0 heterocycles. The fourth-order valence-electron chi connectivity index (χ4n) is 3.15. The number of alkyl carbamates (subject to hydrolysis) is 1. The Morgan fingerprint density at radius 2 is 1.80 bits per heavy atom. The topological polar surface area (TPSA) is 73.9 Å². The molecule has 0 radical (unpaired) electrons. The van der Waals surface area contributed by atoms with E-state index in [9.17, 15) is 9.59 Å². The molecule has 30 heavy (non-hydrogen) atoms. The Morgan fingerprint density at radius 3 is 2.40 bits per heavy atom. The van der Waals surface area contributed by atoms with Crippen LogP contribution in [-0.2, 0) is 9.53 Å². The zero-order chi connectivity index (χ0) is 22.1. The van der Waals surface area contributed by atoms with Crippen molar-refractivity contribution in [3.63, 3.8) is 0 Å². The Bertz CT molecular complexity index is 786. The molecule has 2 aliphatic rings. The first-order valence-electron chi connectivity index (χ1n) is 10.9. The first-order chi connectivity index (χ1) is 13.9. The van der Waals surface area contributed by atoms with Gasteiger partial charge >= 0.3 is 12.1 Å². The van der Waals surface area contributed by atoms with Crippen LogP contribution in [0.4, 0.5) is 4.79 Å². The predicted molar refractivity (Wildman–Crippen MR) is 115 cm³/mol. The van der Waals surface area contributed by atoms with E-state index in [-0.39, 0.29) is 11.9 Å². The van der Waals surface area contributed by atoms with Crippen molar-refractivity contribution in [1.29, 1.82) is 0 Å². The number of amides is 1. The Hall–Kier alpha value is -2.24. The van der Waals surface area contributed by atoms with Gasteiger partial charge in [-0.05, 0) is 96.8 Å². The second-order valence-electron chi connectivity index (χ2n) is 10.6. The number of carbonyl (C=O) groups is 2. The Labute approximate surface area is 179 Å². The maximum Gasteiger partial charge on any atom is 0.407 e. The van der Waals surface area contributed by atoms with E-state index in [0.29, 0.717) is 24.1 Å². The molecule has 2 aliphatic carbocycles. The number of nitrogens with one attached hydrogen (secondary N) is 1. The van der Waals surface area contributed by atoms with E-state index in [1.54, 1.807) is 6.07 Å². The summed E-state index contributed by atoms with van der Waals surface area (Å²) in [5.41, 5.74) is -0.0334. The highest BCUT2D eigenvalue weighted by molar-refractivity contribution is 5.78. The van der Waals surface area contributed by atoms with E-state index in [0.717, 1.165) is 24.3 Å². The van der Waals surface area contributed by atoms with Crippen molar-refractivity contribution in [3.8, 4) is 11.5 Å². The molecule has 1 aromatic carbocycles. The van der Waals surface area contributed by atoms with Crippen LogP contribution in [-0.4, -0.2) is 30.8 Å². The van der Waals surface area contributed by atoms with Gasteiger partial charge in [0.15, 0.2) is 0 Å². The third-order valence-electron chi connectivity index (χ3n) is 5.21. The molecule has 6 heteroatoms. The summed E-state index contributed by atoms with van der Waals surface area (Å²) in [5.74, 6) is 2.35. The van der Waals surface area contributed by atoms with Gasteiger partial charge in [0, 0.05) is 12.1 Å². The van der Waals surface area contributed by atoms with Gasteiger partial charge in [0.1, 0.15) is 17.1 Å². The fraction of sp³-hybridized carbons (Fsp3) is 0.667. The summed E-state index contributed by atoms with van der Waals surface area (Å²) < 4.78 is 17.0. The molecule has 0 aromatic heterocycles.